The van der Waals surface area contributed by atoms with Crippen LogP contribution in [0.1, 0.15) is 50.5 Å². The van der Waals surface area contributed by atoms with Gasteiger partial charge in [-0.1, -0.05) is 18.2 Å². The molecule has 2 aromatic carbocycles. The molecule has 0 saturated carbocycles. The fraction of sp³-hybridized carbons (Fsp3) is 0.348. The van der Waals surface area contributed by atoms with E-state index < -0.39 is 0 Å². The summed E-state index contributed by atoms with van der Waals surface area (Å²) in [6.07, 6.45) is -0.101. The number of ether oxygens (including phenoxy) is 2. The molecule has 2 atom stereocenters. The second kappa shape index (κ2) is 7.91. The Morgan fingerprint density at radius 2 is 1.63 bits per heavy atom. The number of nitrogens with zero attached hydrogens (tertiary/aromatic N) is 2. The third kappa shape index (κ3) is 3.57. The Bertz CT molecular complexity index is 973. The standard InChI is InChI=1S/C23H24N2O5/c1-14-11-24(12-15(2)30-14)21(26)19-10-16(8-9-20(19)29-3)13-25-22(27)17-6-4-5-7-18(17)23(25)28/h4-10,14-15H,11-13H2,1-3H3/t14-,15-/m0/s1. The minimum atomic E-state index is -0.324. The predicted molar refractivity (Wildman–Crippen MR) is 110 cm³/mol. The summed E-state index contributed by atoms with van der Waals surface area (Å²) in [7, 11) is 1.51. The molecule has 0 radical (unpaired) electrons. The zero-order valence-electron chi connectivity index (χ0n) is 17.3. The average molecular weight is 408 g/mol. The maximum Gasteiger partial charge on any atom is 0.261 e. The summed E-state index contributed by atoms with van der Waals surface area (Å²) >= 11 is 0. The number of morpholine rings is 1. The van der Waals surface area contributed by atoms with E-state index in [1.807, 2.05) is 13.8 Å². The molecule has 0 aromatic heterocycles. The summed E-state index contributed by atoms with van der Waals surface area (Å²) in [6, 6.07) is 12.0. The Morgan fingerprint density at radius 3 is 2.20 bits per heavy atom. The van der Waals surface area contributed by atoms with E-state index in [2.05, 4.69) is 0 Å². The maximum atomic E-state index is 13.2. The number of imide groups is 1. The molecule has 156 valence electrons. The van der Waals surface area contributed by atoms with Crippen molar-refractivity contribution in [2.24, 2.45) is 0 Å². The molecule has 4 rings (SSSR count). The summed E-state index contributed by atoms with van der Waals surface area (Å²) in [5.74, 6) is -0.346. The molecule has 2 aliphatic rings. The van der Waals surface area contributed by atoms with Gasteiger partial charge in [0.1, 0.15) is 5.75 Å². The molecule has 1 saturated heterocycles. The van der Waals surface area contributed by atoms with Crippen LogP contribution in [0, 0.1) is 0 Å². The minimum absolute atomic E-state index is 0.0507. The van der Waals surface area contributed by atoms with Crippen LogP contribution in [0.25, 0.3) is 0 Å². The second-order valence-corrected chi connectivity index (χ2v) is 7.74. The van der Waals surface area contributed by atoms with E-state index in [-0.39, 0.29) is 36.5 Å². The first-order valence-electron chi connectivity index (χ1n) is 9.96. The van der Waals surface area contributed by atoms with Gasteiger partial charge in [0.25, 0.3) is 17.7 Å². The van der Waals surface area contributed by atoms with Crippen molar-refractivity contribution in [2.45, 2.75) is 32.6 Å². The van der Waals surface area contributed by atoms with Gasteiger partial charge in [-0.2, -0.15) is 0 Å². The van der Waals surface area contributed by atoms with Crippen LogP contribution >= 0.6 is 0 Å². The highest BCUT2D eigenvalue weighted by molar-refractivity contribution is 6.21. The van der Waals surface area contributed by atoms with Crippen molar-refractivity contribution >= 4 is 17.7 Å². The van der Waals surface area contributed by atoms with Crippen LogP contribution in [0.5, 0.6) is 5.75 Å². The van der Waals surface area contributed by atoms with Gasteiger partial charge in [-0.15, -0.1) is 0 Å². The fourth-order valence-corrected chi connectivity index (χ4v) is 4.10. The first-order valence-corrected chi connectivity index (χ1v) is 9.96. The van der Waals surface area contributed by atoms with E-state index in [9.17, 15) is 14.4 Å². The van der Waals surface area contributed by atoms with Crippen molar-refractivity contribution in [3.8, 4) is 5.75 Å². The maximum absolute atomic E-state index is 13.2. The molecule has 0 bridgehead atoms. The summed E-state index contributed by atoms with van der Waals surface area (Å²) < 4.78 is 11.1. The highest BCUT2D eigenvalue weighted by Crippen LogP contribution is 2.27. The Morgan fingerprint density at radius 1 is 1.03 bits per heavy atom. The highest BCUT2D eigenvalue weighted by atomic mass is 16.5. The van der Waals surface area contributed by atoms with E-state index in [1.165, 1.54) is 12.0 Å². The first-order chi connectivity index (χ1) is 14.4. The van der Waals surface area contributed by atoms with Crippen LogP contribution < -0.4 is 4.74 Å². The second-order valence-electron chi connectivity index (χ2n) is 7.74. The number of carbonyl (C=O) groups is 3. The van der Waals surface area contributed by atoms with Crippen molar-refractivity contribution in [3.63, 3.8) is 0 Å². The molecule has 2 aliphatic heterocycles. The van der Waals surface area contributed by atoms with Crippen LogP contribution in [0.2, 0.25) is 0 Å². The number of amides is 3. The molecule has 2 heterocycles. The Hall–Kier alpha value is -3.19. The van der Waals surface area contributed by atoms with Gasteiger partial charge in [0.2, 0.25) is 0 Å². The van der Waals surface area contributed by atoms with E-state index in [0.29, 0.717) is 41.1 Å². The molecule has 7 heteroatoms. The van der Waals surface area contributed by atoms with Crippen LogP contribution in [0.3, 0.4) is 0 Å². The number of benzene rings is 2. The molecule has 0 aliphatic carbocycles. The quantitative estimate of drug-likeness (QED) is 0.727. The smallest absolute Gasteiger partial charge is 0.261 e. The molecule has 0 spiro atoms. The van der Waals surface area contributed by atoms with Gasteiger partial charge in [-0.25, -0.2) is 0 Å². The Kier molecular flexibility index (Phi) is 5.30. The molecular weight excluding hydrogens is 384 g/mol. The van der Waals surface area contributed by atoms with Crippen molar-refractivity contribution < 1.29 is 23.9 Å². The monoisotopic (exact) mass is 408 g/mol. The van der Waals surface area contributed by atoms with Gasteiger partial charge in [0.15, 0.2) is 0 Å². The lowest BCUT2D eigenvalue weighted by Crippen LogP contribution is -2.48. The molecule has 0 N–H and O–H groups in total. The summed E-state index contributed by atoms with van der Waals surface area (Å²) in [6.45, 7) is 4.95. The SMILES string of the molecule is COc1ccc(CN2C(=O)c3ccccc3C2=O)cc1C(=O)N1C[C@H](C)O[C@@H](C)C1. The first kappa shape index (κ1) is 20.1. The van der Waals surface area contributed by atoms with Crippen LogP contribution in [0.15, 0.2) is 42.5 Å². The molecule has 2 aromatic rings. The predicted octanol–water partition coefficient (Wildman–Crippen LogP) is 2.74. The molecule has 7 nitrogen and oxygen atoms in total. The summed E-state index contributed by atoms with van der Waals surface area (Å²) in [4.78, 5) is 41.5. The van der Waals surface area contributed by atoms with E-state index in [1.54, 1.807) is 47.4 Å². The van der Waals surface area contributed by atoms with Crippen LogP contribution in [-0.2, 0) is 11.3 Å². The highest BCUT2D eigenvalue weighted by Gasteiger charge is 2.35. The van der Waals surface area contributed by atoms with Crippen LogP contribution in [-0.4, -0.2) is 59.9 Å². The van der Waals surface area contributed by atoms with Crippen molar-refractivity contribution in [3.05, 3.63) is 64.7 Å². The van der Waals surface area contributed by atoms with Gasteiger partial charge in [0, 0.05) is 13.1 Å². The molecular formula is C23H24N2O5. The number of hydrogen-bond donors (Lipinski definition) is 0. The third-order valence-electron chi connectivity index (χ3n) is 5.42. The molecule has 0 unspecified atom stereocenters. The summed E-state index contributed by atoms with van der Waals surface area (Å²) in [5, 5.41) is 0. The lowest BCUT2D eigenvalue weighted by atomic mass is 10.1. The third-order valence-corrected chi connectivity index (χ3v) is 5.42. The number of carbonyl (C=O) groups excluding carboxylic acids is 3. The van der Waals surface area contributed by atoms with E-state index in [0.717, 1.165) is 0 Å². The topological polar surface area (TPSA) is 76.2 Å². The zero-order valence-corrected chi connectivity index (χ0v) is 17.3. The van der Waals surface area contributed by atoms with Gasteiger partial charge in [-0.05, 0) is 43.7 Å². The minimum Gasteiger partial charge on any atom is -0.496 e. The number of fused-ring (bicyclic) bond motifs is 1. The average Bonchev–Trinajstić information content (AvgIpc) is 2.97. The normalized spacial score (nSPS) is 21.0. The largest absolute Gasteiger partial charge is 0.496 e. The van der Waals surface area contributed by atoms with Crippen molar-refractivity contribution in [2.75, 3.05) is 20.2 Å². The Labute approximate surface area is 175 Å². The van der Waals surface area contributed by atoms with Gasteiger partial charge in [-0.3, -0.25) is 19.3 Å². The van der Waals surface area contributed by atoms with Gasteiger partial charge >= 0.3 is 0 Å². The van der Waals surface area contributed by atoms with Crippen molar-refractivity contribution in [1.82, 2.24) is 9.80 Å². The zero-order chi connectivity index (χ0) is 21.4. The number of hydrogen-bond acceptors (Lipinski definition) is 5. The van der Waals surface area contributed by atoms with E-state index in [4.69, 9.17) is 9.47 Å². The van der Waals surface area contributed by atoms with Gasteiger partial charge in [0.05, 0.1) is 42.6 Å². The summed E-state index contributed by atoms with van der Waals surface area (Å²) in [5.41, 5.74) is 1.91. The lowest BCUT2D eigenvalue weighted by molar-refractivity contribution is -0.0586. The van der Waals surface area contributed by atoms with Crippen molar-refractivity contribution in [1.29, 1.82) is 0 Å². The molecule has 1 fully saturated rings. The number of rotatable bonds is 4. The molecule has 3 amide bonds. The number of methoxy groups -OCH3 is 1. The van der Waals surface area contributed by atoms with Crippen LogP contribution in [0.4, 0.5) is 0 Å². The molecule has 30 heavy (non-hydrogen) atoms. The van der Waals surface area contributed by atoms with Gasteiger partial charge < -0.3 is 14.4 Å². The fourth-order valence-electron chi connectivity index (χ4n) is 4.10. The lowest BCUT2D eigenvalue weighted by Gasteiger charge is -2.35. The van der Waals surface area contributed by atoms with E-state index >= 15 is 0 Å². The Balaban J connectivity index is 1.60.